The maximum atomic E-state index is 7.33. The standard InChI is InChI=1S/C60H36O/c1-3-9-35(10-4-1)57-58-51-33-43(45-27-21-40-19-17-36-13-7-15-38-23-31-49(45)55(40)53(36)38)25-29-47(51)48-30-26-44(34-52(48)60(58)61-59(57)42-11-5-2-6-12-42)46-28-22-41-20-18-37-14-8-16-39-24-32-50(46)56(41)54(37)39/h1-34,53,55H. The van der Waals surface area contributed by atoms with Gasteiger partial charge in [0, 0.05) is 33.7 Å². The Labute approximate surface area is 352 Å². The van der Waals surface area contributed by atoms with Crippen molar-refractivity contribution in [3.05, 3.63) is 234 Å². The Bertz CT molecular complexity index is 3770. The highest BCUT2D eigenvalue weighted by molar-refractivity contribution is 6.30. The van der Waals surface area contributed by atoms with Crippen LogP contribution in [-0.4, -0.2) is 0 Å². The molecule has 0 aliphatic heterocycles. The Balaban J connectivity index is 1.06. The van der Waals surface area contributed by atoms with E-state index in [4.69, 9.17) is 4.42 Å². The zero-order valence-electron chi connectivity index (χ0n) is 33.2. The van der Waals surface area contributed by atoms with Crippen LogP contribution in [0.4, 0.5) is 0 Å². The van der Waals surface area contributed by atoms with Gasteiger partial charge in [0.2, 0.25) is 0 Å². The lowest BCUT2D eigenvalue weighted by atomic mass is 9.63. The molecule has 2 atom stereocenters. The van der Waals surface area contributed by atoms with Crippen LogP contribution in [0.2, 0.25) is 0 Å². The van der Waals surface area contributed by atoms with Crippen LogP contribution in [0.15, 0.2) is 233 Å². The monoisotopic (exact) mass is 772 g/mol. The largest absolute Gasteiger partial charge is 0.455 e. The molecule has 10 aromatic rings. The van der Waals surface area contributed by atoms with Gasteiger partial charge in [-0.15, -0.1) is 0 Å². The fraction of sp³-hybridized carbons (Fsp3) is 0.0333. The predicted molar refractivity (Wildman–Crippen MR) is 257 cm³/mol. The molecule has 9 aromatic carbocycles. The van der Waals surface area contributed by atoms with Crippen molar-refractivity contribution in [2.45, 2.75) is 0 Å². The summed E-state index contributed by atoms with van der Waals surface area (Å²) < 4.78 is 7.33. The van der Waals surface area contributed by atoms with E-state index < -0.39 is 0 Å². The molecular formula is C60H36O. The van der Waals surface area contributed by atoms with Crippen molar-refractivity contribution in [1.29, 1.82) is 0 Å². The molecule has 0 saturated carbocycles. The van der Waals surface area contributed by atoms with Gasteiger partial charge in [-0.1, -0.05) is 194 Å². The third kappa shape index (κ3) is 4.66. The first-order chi connectivity index (χ1) is 30.2. The lowest BCUT2D eigenvalue weighted by Crippen LogP contribution is -2.29. The molecule has 0 fully saturated rings. The zero-order chi connectivity index (χ0) is 39.8. The Morgan fingerprint density at radius 2 is 1.02 bits per heavy atom. The van der Waals surface area contributed by atoms with Gasteiger partial charge in [-0.3, -0.25) is 0 Å². The summed E-state index contributed by atoms with van der Waals surface area (Å²) in [5.41, 5.74) is 14.8. The molecule has 4 aliphatic rings. The van der Waals surface area contributed by atoms with Gasteiger partial charge in [-0.2, -0.15) is 0 Å². The van der Waals surface area contributed by atoms with Crippen molar-refractivity contribution >= 4 is 70.4 Å². The Kier molecular flexibility index (Phi) is 6.73. The highest BCUT2D eigenvalue weighted by Gasteiger charge is 2.38. The molecule has 1 heterocycles. The SMILES string of the molecule is C1=CC2=CC=C3C=CC(c4ccc5c6ccc(-c7ccc8ccc9cccc%10ccc7c8c9%10)cc6c6oc(-c7ccccc7)c(-c7ccccc7)c6c5c4)=C4C=CC(=C1)C2C34. The normalized spacial score (nSPS) is 17.9. The number of hydrogen-bond acceptors (Lipinski definition) is 1. The molecule has 0 bridgehead atoms. The summed E-state index contributed by atoms with van der Waals surface area (Å²) in [6.07, 6.45) is 20.8. The number of allylic oxidation sites excluding steroid dienone is 14. The minimum absolute atomic E-state index is 0.310. The topological polar surface area (TPSA) is 13.1 Å². The molecule has 282 valence electrons. The van der Waals surface area contributed by atoms with Crippen molar-refractivity contribution in [1.82, 2.24) is 0 Å². The van der Waals surface area contributed by atoms with Gasteiger partial charge in [0.15, 0.2) is 0 Å². The smallest absolute Gasteiger partial charge is 0.143 e. The van der Waals surface area contributed by atoms with E-state index in [2.05, 4.69) is 206 Å². The molecule has 0 amide bonds. The maximum Gasteiger partial charge on any atom is 0.143 e. The van der Waals surface area contributed by atoms with Crippen LogP contribution < -0.4 is 0 Å². The summed E-state index contributed by atoms with van der Waals surface area (Å²) in [5, 5.41) is 13.6. The first-order valence-electron chi connectivity index (χ1n) is 21.4. The molecule has 4 aliphatic carbocycles. The van der Waals surface area contributed by atoms with Crippen molar-refractivity contribution in [2.75, 3.05) is 0 Å². The second kappa shape index (κ2) is 12.4. The fourth-order valence-corrected chi connectivity index (χ4v) is 11.3. The molecule has 2 unspecified atom stereocenters. The first kappa shape index (κ1) is 33.1. The Morgan fingerprint density at radius 1 is 0.377 bits per heavy atom. The number of rotatable bonds is 4. The van der Waals surface area contributed by atoms with E-state index in [0.29, 0.717) is 11.8 Å². The third-order valence-corrected chi connectivity index (χ3v) is 14.0. The molecule has 1 heteroatoms. The zero-order valence-corrected chi connectivity index (χ0v) is 33.2. The summed E-state index contributed by atoms with van der Waals surface area (Å²) in [7, 11) is 0. The van der Waals surface area contributed by atoms with E-state index >= 15 is 0 Å². The molecule has 0 spiro atoms. The van der Waals surface area contributed by atoms with Crippen LogP contribution >= 0.6 is 0 Å². The summed E-state index contributed by atoms with van der Waals surface area (Å²) in [6, 6.07) is 56.0. The molecule has 1 nitrogen and oxygen atoms in total. The average Bonchev–Trinajstić information content (AvgIpc) is 3.74. The average molecular weight is 773 g/mol. The lowest BCUT2D eigenvalue weighted by Gasteiger charge is -2.40. The maximum absolute atomic E-state index is 7.33. The highest BCUT2D eigenvalue weighted by atomic mass is 16.3. The molecule has 0 saturated heterocycles. The van der Waals surface area contributed by atoms with Crippen LogP contribution in [0.1, 0.15) is 5.56 Å². The molecule has 1 aromatic heterocycles. The summed E-state index contributed by atoms with van der Waals surface area (Å²) in [6.45, 7) is 0. The van der Waals surface area contributed by atoms with Gasteiger partial charge in [-0.05, 0) is 111 Å². The van der Waals surface area contributed by atoms with Crippen LogP contribution in [0.25, 0.3) is 104 Å². The van der Waals surface area contributed by atoms with Gasteiger partial charge in [-0.25, -0.2) is 0 Å². The molecule has 0 radical (unpaired) electrons. The van der Waals surface area contributed by atoms with Gasteiger partial charge in [0.05, 0.1) is 0 Å². The van der Waals surface area contributed by atoms with Crippen molar-refractivity contribution < 1.29 is 4.42 Å². The second-order valence-electron chi connectivity index (χ2n) is 17.1. The number of furan rings is 1. The van der Waals surface area contributed by atoms with Crippen molar-refractivity contribution in [2.24, 2.45) is 11.8 Å². The van der Waals surface area contributed by atoms with Crippen LogP contribution in [-0.2, 0) is 0 Å². The van der Waals surface area contributed by atoms with E-state index in [1.165, 1.54) is 93.0 Å². The van der Waals surface area contributed by atoms with Crippen LogP contribution in [0, 0.1) is 11.8 Å². The quantitative estimate of drug-likeness (QED) is 0.162. The predicted octanol–water partition coefficient (Wildman–Crippen LogP) is 16.1. The number of benzene rings is 9. The van der Waals surface area contributed by atoms with Gasteiger partial charge in [0.25, 0.3) is 0 Å². The lowest BCUT2D eigenvalue weighted by molar-refractivity contribution is 0.566. The fourth-order valence-electron chi connectivity index (χ4n) is 11.3. The Hall–Kier alpha value is -7.74. The molecular weight excluding hydrogens is 737 g/mol. The molecule has 14 rings (SSSR count). The van der Waals surface area contributed by atoms with Gasteiger partial charge in [0.1, 0.15) is 11.3 Å². The third-order valence-electron chi connectivity index (χ3n) is 14.0. The molecule has 61 heavy (non-hydrogen) atoms. The van der Waals surface area contributed by atoms with E-state index in [1.807, 2.05) is 0 Å². The Morgan fingerprint density at radius 3 is 1.84 bits per heavy atom. The second-order valence-corrected chi connectivity index (χ2v) is 17.1. The first-order valence-corrected chi connectivity index (χ1v) is 21.4. The molecule has 0 N–H and O–H groups in total. The van der Waals surface area contributed by atoms with E-state index in [1.54, 1.807) is 0 Å². The van der Waals surface area contributed by atoms with E-state index in [0.717, 1.165) is 38.8 Å². The van der Waals surface area contributed by atoms with Crippen LogP contribution in [0.5, 0.6) is 0 Å². The van der Waals surface area contributed by atoms with E-state index in [9.17, 15) is 0 Å². The minimum Gasteiger partial charge on any atom is -0.455 e. The van der Waals surface area contributed by atoms with Crippen molar-refractivity contribution in [3.8, 4) is 33.6 Å². The summed E-state index contributed by atoms with van der Waals surface area (Å²) >= 11 is 0. The number of hydrogen-bond donors (Lipinski definition) is 0. The highest BCUT2D eigenvalue weighted by Crippen LogP contribution is 2.53. The van der Waals surface area contributed by atoms with Crippen molar-refractivity contribution in [3.63, 3.8) is 0 Å². The van der Waals surface area contributed by atoms with Crippen LogP contribution in [0.3, 0.4) is 0 Å². The summed E-state index contributed by atoms with van der Waals surface area (Å²) in [4.78, 5) is 0. The minimum atomic E-state index is 0.310. The van der Waals surface area contributed by atoms with E-state index in [-0.39, 0.29) is 0 Å². The van der Waals surface area contributed by atoms with Gasteiger partial charge >= 0.3 is 0 Å². The summed E-state index contributed by atoms with van der Waals surface area (Å²) in [5.74, 6) is 1.56. The number of fused-ring (bicyclic) bond motifs is 6. The van der Waals surface area contributed by atoms with Gasteiger partial charge < -0.3 is 4.42 Å².